The first-order valence-electron chi connectivity index (χ1n) is 6.95. The molecule has 1 aliphatic rings. The Morgan fingerprint density at radius 3 is 2.95 bits per heavy atom. The van der Waals surface area contributed by atoms with E-state index in [0.717, 1.165) is 0 Å². The molecule has 1 amide bonds. The topological polar surface area (TPSA) is 95.9 Å². The van der Waals surface area contributed by atoms with Gasteiger partial charge in [0.2, 0.25) is 5.91 Å². The number of benzene rings is 1. The zero-order chi connectivity index (χ0) is 16.1. The number of carboxylic acids is 1. The largest absolute Gasteiger partial charge is 0.547 e. The Labute approximate surface area is 128 Å². The lowest BCUT2D eigenvalue weighted by Crippen LogP contribution is -2.53. The molecule has 3 N–H and O–H groups in total. The van der Waals surface area contributed by atoms with Crippen LogP contribution < -0.4 is 9.97 Å². The van der Waals surface area contributed by atoms with E-state index in [1.165, 1.54) is 6.07 Å². The van der Waals surface area contributed by atoms with Gasteiger partial charge in [0, 0.05) is 12.8 Å². The lowest BCUT2D eigenvalue weighted by molar-refractivity contribution is -0.121. The van der Waals surface area contributed by atoms with E-state index in [4.69, 9.17) is 16.2 Å². The number of rotatable bonds is 5. The molecule has 0 fully saturated rings. The molecule has 1 aromatic carbocycles. The summed E-state index contributed by atoms with van der Waals surface area (Å²) in [5.41, 5.74) is 0.634. The van der Waals surface area contributed by atoms with E-state index in [1.807, 2.05) is 0 Å². The molecule has 1 atom stereocenters. The summed E-state index contributed by atoms with van der Waals surface area (Å²) in [5, 5.41) is 21.8. The maximum Gasteiger partial charge on any atom is 0.547 e. The fourth-order valence-corrected chi connectivity index (χ4v) is 2.35. The van der Waals surface area contributed by atoms with Gasteiger partial charge in [0.15, 0.2) is 0 Å². The molecule has 0 unspecified atom stereocenters. The number of fused-ring (bicyclic) bond motifs is 1. The number of carboxylic acid groups (broad SMARTS) is 1. The van der Waals surface area contributed by atoms with Crippen LogP contribution in [0.1, 0.15) is 35.2 Å². The van der Waals surface area contributed by atoms with Crippen LogP contribution in [0.3, 0.4) is 0 Å². The summed E-state index contributed by atoms with van der Waals surface area (Å²) in [4.78, 5) is 22.9. The van der Waals surface area contributed by atoms with Crippen molar-refractivity contribution < 1.29 is 24.4 Å². The Morgan fingerprint density at radius 2 is 2.27 bits per heavy atom. The maximum absolute atomic E-state index is 11.8. The van der Waals surface area contributed by atoms with E-state index in [-0.39, 0.29) is 23.6 Å². The zero-order valence-corrected chi connectivity index (χ0v) is 11.9. The van der Waals surface area contributed by atoms with Gasteiger partial charge in [-0.3, -0.25) is 4.79 Å². The van der Waals surface area contributed by atoms with Crippen molar-refractivity contribution in [3.63, 3.8) is 0 Å². The number of para-hydroxylation sites is 1. The number of amides is 1. The Balaban J connectivity index is 2.06. The number of carbonyl (C=O) groups excluding carboxylic acids is 1. The summed E-state index contributed by atoms with van der Waals surface area (Å²) >= 11 is 0. The number of nitrogens with one attached hydrogen (secondary N) is 1. The molecule has 0 aliphatic carbocycles. The highest BCUT2D eigenvalue weighted by Crippen LogP contribution is 2.30. The van der Waals surface area contributed by atoms with Crippen molar-refractivity contribution in [2.75, 3.05) is 0 Å². The third kappa shape index (κ3) is 3.60. The summed E-state index contributed by atoms with van der Waals surface area (Å²) in [6.07, 6.45) is 6.79. The van der Waals surface area contributed by atoms with Crippen LogP contribution >= 0.6 is 0 Å². The minimum Gasteiger partial charge on any atom is -0.534 e. The van der Waals surface area contributed by atoms with Gasteiger partial charge in [-0.05, 0) is 24.5 Å². The van der Waals surface area contributed by atoms with E-state index in [1.54, 1.807) is 12.1 Å². The van der Waals surface area contributed by atoms with Crippen LogP contribution in [-0.4, -0.2) is 35.1 Å². The molecule has 0 saturated carbocycles. The zero-order valence-electron chi connectivity index (χ0n) is 11.9. The molecular weight excluding hydrogens is 285 g/mol. The first-order valence-corrected chi connectivity index (χ1v) is 6.95. The number of aromatic carboxylic acids is 1. The Hall–Kier alpha value is -2.46. The number of hydrogen-bond acceptors (Lipinski definition) is 4. The van der Waals surface area contributed by atoms with Crippen LogP contribution in [0.15, 0.2) is 18.2 Å². The third-order valence-corrected chi connectivity index (χ3v) is 3.42. The van der Waals surface area contributed by atoms with Gasteiger partial charge in [-0.15, -0.1) is 12.3 Å². The van der Waals surface area contributed by atoms with Crippen LogP contribution in [0, 0.1) is 12.3 Å². The molecule has 1 aromatic rings. The fraction of sp³-hybridized carbons (Fsp3) is 0.333. The average Bonchev–Trinajstić information content (AvgIpc) is 2.47. The normalized spacial score (nSPS) is 16.2. The van der Waals surface area contributed by atoms with Crippen molar-refractivity contribution >= 4 is 19.0 Å². The minimum atomic E-state index is -1.29. The van der Waals surface area contributed by atoms with Crippen molar-refractivity contribution in [3.05, 3.63) is 29.3 Å². The smallest absolute Gasteiger partial charge is 0.534 e. The molecule has 114 valence electrons. The summed E-state index contributed by atoms with van der Waals surface area (Å²) in [6, 6.07) is 4.73. The molecule has 1 heterocycles. The quantitative estimate of drug-likeness (QED) is 0.421. The first kappa shape index (κ1) is 15.9. The van der Waals surface area contributed by atoms with Crippen molar-refractivity contribution in [1.29, 1.82) is 0 Å². The highest BCUT2D eigenvalue weighted by Gasteiger charge is 2.37. The van der Waals surface area contributed by atoms with E-state index < -0.39 is 19.0 Å². The van der Waals surface area contributed by atoms with Gasteiger partial charge in [-0.1, -0.05) is 12.1 Å². The molecule has 1 aliphatic heterocycles. The minimum absolute atomic E-state index is 0.00431. The number of terminal acetylenes is 1. The Kier molecular flexibility index (Phi) is 5.07. The Bertz CT molecular complexity index is 625. The van der Waals surface area contributed by atoms with Crippen molar-refractivity contribution in [3.8, 4) is 18.1 Å². The monoisotopic (exact) mass is 301 g/mol. The summed E-state index contributed by atoms with van der Waals surface area (Å²) in [5.74, 6) is 0.647. The van der Waals surface area contributed by atoms with E-state index in [9.17, 15) is 14.6 Å². The van der Waals surface area contributed by atoms with Gasteiger partial charge in [-0.25, -0.2) is 4.79 Å². The lowest BCUT2D eigenvalue weighted by Gasteiger charge is -2.28. The van der Waals surface area contributed by atoms with Crippen LogP contribution in [0.2, 0.25) is 0 Å². The van der Waals surface area contributed by atoms with E-state index in [2.05, 4.69) is 11.2 Å². The van der Waals surface area contributed by atoms with Gasteiger partial charge in [0.1, 0.15) is 5.75 Å². The molecule has 0 aromatic heterocycles. The highest BCUT2D eigenvalue weighted by atomic mass is 16.5. The van der Waals surface area contributed by atoms with Crippen LogP contribution in [0.4, 0.5) is 0 Å². The van der Waals surface area contributed by atoms with Gasteiger partial charge < -0.3 is 20.1 Å². The summed E-state index contributed by atoms with van der Waals surface area (Å²) in [6.45, 7) is 0. The number of hydrogen-bond donors (Lipinski definition) is 3. The predicted molar refractivity (Wildman–Crippen MR) is 80.3 cm³/mol. The lowest BCUT2D eigenvalue weighted by atomic mass is 9.72. The maximum atomic E-state index is 11.8. The highest BCUT2D eigenvalue weighted by molar-refractivity contribution is 6.47. The summed E-state index contributed by atoms with van der Waals surface area (Å²) in [7, 11) is -1.29. The second kappa shape index (κ2) is 7.01. The van der Waals surface area contributed by atoms with Crippen molar-refractivity contribution in [1.82, 2.24) is 5.32 Å². The molecule has 6 nitrogen and oxygen atoms in total. The molecule has 0 bridgehead atoms. The molecule has 2 rings (SSSR count). The van der Waals surface area contributed by atoms with Crippen molar-refractivity contribution in [2.45, 2.75) is 31.6 Å². The average molecular weight is 301 g/mol. The third-order valence-electron chi connectivity index (χ3n) is 3.42. The molecule has 0 spiro atoms. The second-order valence-electron chi connectivity index (χ2n) is 5.04. The molecule has 22 heavy (non-hydrogen) atoms. The Morgan fingerprint density at radius 1 is 1.50 bits per heavy atom. The van der Waals surface area contributed by atoms with Crippen LogP contribution in [0.25, 0.3) is 0 Å². The molecule has 7 heteroatoms. The van der Waals surface area contributed by atoms with Crippen LogP contribution in [0.5, 0.6) is 5.75 Å². The SMILES string of the molecule is C#CCCCC(=O)N[C@H]1Cc2cccc(C(=O)O)c2OB1O. The predicted octanol–water partition coefficient (Wildman–Crippen LogP) is 0.628. The van der Waals surface area contributed by atoms with Crippen LogP contribution in [-0.2, 0) is 11.2 Å². The number of carbonyl (C=O) groups is 2. The first-order chi connectivity index (χ1) is 10.5. The molecule has 0 saturated heterocycles. The van der Waals surface area contributed by atoms with E-state index in [0.29, 0.717) is 24.8 Å². The van der Waals surface area contributed by atoms with Gasteiger partial charge in [0.05, 0.1) is 11.5 Å². The molecule has 0 radical (unpaired) electrons. The standard InChI is InChI=1S/C15H16BNO5/c1-2-3-4-8-13(18)17-12-9-10-6-5-7-11(15(19)20)14(10)22-16(12)21/h1,5-7,12,21H,3-4,8-9H2,(H,17,18)(H,19,20)/t12-/m0/s1. The second-order valence-corrected chi connectivity index (χ2v) is 5.04. The van der Waals surface area contributed by atoms with E-state index >= 15 is 0 Å². The van der Waals surface area contributed by atoms with Gasteiger partial charge >= 0.3 is 13.1 Å². The number of unbranched alkanes of at least 4 members (excludes halogenated alkanes) is 1. The summed E-state index contributed by atoms with van der Waals surface area (Å²) < 4.78 is 5.29. The van der Waals surface area contributed by atoms with Gasteiger partial charge in [-0.2, -0.15) is 0 Å². The van der Waals surface area contributed by atoms with Crippen molar-refractivity contribution in [2.24, 2.45) is 0 Å². The van der Waals surface area contributed by atoms with Gasteiger partial charge in [0.25, 0.3) is 0 Å². The molecular formula is C15H16BNO5. The fourth-order valence-electron chi connectivity index (χ4n) is 2.35.